The van der Waals surface area contributed by atoms with E-state index in [1.54, 1.807) is 26.0 Å². The molecule has 0 aromatic heterocycles. The van der Waals surface area contributed by atoms with Crippen LogP contribution in [0.2, 0.25) is 0 Å². The van der Waals surface area contributed by atoms with Crippen LogP contribution in [0.25, 0.3) is 0 Å². The van der Waals surface area contributed by atoms with Gasteiger partial charge >= 0.3 is 0 Å². The number of benzene rings is 2. The maximum atomic E-state index is 12.1. The number of hydrogen-bond donors (Lipinski definition) is 2. The van der Waals surface area contributed by atoms with Gasteiger partial charge in [0, 0.05) is 39.8 Å². The predicted octanol–water partition coefficient (Wildman–Crippen LogP) is 3.31. The third-order valence-corrected chi connectivity index (χ3v) is 4.18. The lowest BCUT2D eigenvalue weighted by Gasteiger charge is -2.13. The van der Waals surface area contributed by atoms with Crippen LogP contribution in [0.3, 0.4) is 0 Å². The average molecular weight is 510 g/mol. The zero-order valence-electron chi connectivity index (χ0n) is 17.6. The van der Waals surface area contributed by atoms with Gasteiger partial charge in [-0.25, -0.2) is 0 Å². The number of halogens is 1. The number of rotatable bonds is 8. The molecule has 2 N–H and O–H groups in total. The number of nitrogens with zero attached hydrogens (tertiary/aromatic N) is 2. The van der Waals surface area contributed by atoms with Gasteiger partial charge in [-0.15, -0.1) is 24.0 Å². The quantitative estimate of drug-likeness (QED) is 0.325. The second kappa shape index (κ2) is 13.0. The molecule has 7 heteroatoms. The Hall–Kier alpha value is -2.29. The summed E-state index contributed by atoms with van der Waals surface area (Å²) in [7, 11) is 5.27. The van der Waals surface area contributed by atoms with E-state index in [0.29, 0.717) is 18.7 Å². The number of guanidine groups is 1. The van der Waals surface area contributed by atoms with E-state index in [4.69, 9.17) is 4.74 Å². The lowest BCUT2D eigenvalue weighted by molar-refractivity contribution is 0.0827. The van der Waals surface area contributed by atoms with Gasteiger partial charge in [0.25, 0.3) is 5.91 Å². The highest BCUT2D eigenvalue weighted by Gasteiger charge is 2.08. The highest BCUT2D eigenvalue weighted by Crippen LogP contribution is 2.13. The van der Waals surface area contributed by atoms with Crippen molar-refractivity contribution in [3.8, 4) is 5.75 Å². The van der Waals surface area contributed by atoms with Crippen molar-refractivity contribution in [2.24, 2.45) is 4.99 Å². The molecule has 0 aliphatic carbocycles. The molecule has 0 bridgehead atoms. The molecule has 2 aromatic rings. The monoisotopic (exact) mass is 510 g/mol. The minimum atomic E-state index is 0. The molecule has 2 rings (SSSR count). The molecule has 1 amide bonds. The fourth-order valence-electron chi connectivity index (χ4n) is 2.76. The molecule has 0 aliphatic heterocycles. The Balaban J connectivity index is 0.00000420. The van der Waals surface area contributed by atoms with Crippen molar-refractivity contribution in [1.29, 1.82) is 0 Å². The van der Waals surface area contributed by atoms with Crippen molar-refractivity contribution in [1.82, 2.24) is 15.5 Å². The van der Waals surface area contributed by atoms with E-state index >= 15 is 0 Å². The van der Waals surface area contributed by atoms with Gasteiger partial charge in [-0.2, -0.15) is 0 Å². The standard InChI is InChI=1S/C22H30N4O2.HI/c1-5-28-20-11-7-9-18(15-20)16-25-22(23-2)24-13-12-17-8-6-10-19(14-17)21(27)26(3)4;/h6-11,14-15H,5,12-13,16H2,1-4H3,(H2,23,24,25);1H. The molecule has 0 saturated heterocycles. The van der Waals surface area contributed by atoms with Gasteiger partial charge in [-0.3, -0.25) is 9.79 Å². The van der Waals surface area contributed by atoms with Gasteiger partial charge in [-0.1, -0.05) is 24.3 Å². The van der Waals surface area contributed by atoms with Gasteiger partial charge < -0.3 is 20.3 Å². The third kappa shape index (κ3) is 8.31. The largest absolute Gasteiger partial charge is 0.494 e. The fourth-order valence-corrected chi connectivity index (χ4v) is 2.76. The van der Waals surface area contributed by atoms with Gasteiger partial charge in [-0.05, 0) is 48.7 Å². The van der Waals surface area contributed by atoms with E-state index in [1.807, 2.05) is 49.4 Å². The molecule has 0 spiro atoms. The number of carbonyl (C=O) groups is 1. The van der Waals surface area contributed by atoms with Crippen molar-refractivity contribution >= 4 is 35.8 Å². The Morgan fingerprint density at radius 3 is 2.48 bits per heavy atom. The first-order chi connectivity index (χ1) is 13.5. The van der Waals surface area contributed by atoms with Crippen LogP contribution in [0.15, 0.2) is 53.5 Å². The van der Waals surface area contributed by atoms with Crippen molar-refractivity contribution in [3.05, 3.63) is 65.2 Å². The Morgan fingerprint density at radius 2 is 1.79 bits per heavy atom. The highest BCUT2D eigenvalue weighted by atomic mass is 127. The summed E-state index contributed by atoms with van der Waals surface area (Å²) in [6.45, 7) is 4.01. The fraction of sp³-hybridized carbons (Fsp3) is 0.364. The SMILES string of the molecule is CCOc1cccc(CNC(=NC)NCCc2cccc(C(=O)N(C)C)c2)c1.I. The van der Waals surface area contributed by atoms with Crippen LogP contribution in [0.1, 0.15) is 28.4 Å². The first-order valence-corrected chi connectivity index (χ1v) is 9.50. The van der Waals surface area contributed by atoms with Crippen LogP contribution in [0.4, 0.5) is 0 Å². The molecule has 6 nitrogen and oxygen atoms in total. The van der Waals surface area contributed by atoms with Gasteiger partial charge in [0.15, 0.2) is 5.96 Å². The normalized spacial score (nSPS) is 10.7. The number of aliphatic imine (C=N–C) groups is 1. The zero-order chi connectivity index (χ0) is 20.4. The Kier molecular flexibility index (Phi) is 11.1. The first-order valence-electron chi connectivity index (χ1n) is 9.50. The van der Waals surface area contributed by atoms with Crippen LogP contribution in [0, 0.1) is 0 Å². The summed E-state index contributed by atoms with van der Waals surface area (Å²) in [5.74, 6) is 1.63. The molecule has 0 aliphatic rings. The molecule has 0 atom stereocenters. The number of carbonyl (C=O) groups excluding carboxylic acids is 1. The van der Waals surface area contributed by atoms with Crippen molar-refractivity contribution in [2.75, 3.05) is 34.3 Å². The molecule has 29 heavy (non-hydrogen) atoms. The number of nitrogens with one attached hydrogen (secondary N) is 2. The summed E-state index contributed by atoms with van der Waals surface area (Å²) in [4.78, 5) is 17.9. The summed E-state index contributed by atoms with van der Waals surface area (Å²) in [5.41, 5.74) is 2.95. The minimum absolute atomic E-state index is 0. The number of hydrogen-bond acceptors (Lipinski definition) is 3. The van der Waals surface area contributed by atoms with Gasteiger partial charge in [0.2, 0.25) is 0 Å². The summed E-state index contributed by atoms with van der Waals surface area (Å²) in [6.07, 6.45) is 0.801. The second-order valence-corrected chi connectivity index (χ2v) is 6.58. The van der Waals surface area contributed by atoms with E-state index in [-0.39, 0.29) is 29.9 Å². The van der Waals surface area contributed by atoms with E-state index in [9.17, 15) is 4.79 Å². The smallest absolute Gasteiger partial charge is 0.253 e. The minimum Gasteiger partial charge on any atom is -0.494 e. The van der Waals surface area contributed by atoms with E-state index in [2.05, 4.69) is 21.7 Å². The van der Waals surface area contributed by atoms with Crippen molar-refractivity contribution in [3.63, 3.8) is 0 Å². The Labute approximate surface area is 190 Å². The van der Waals surface area contributed by atoms with Crippen LogP contribution in [-0.2, 0) is 13.0 Å². The van der Waals surface area contributed by atoms with E-state index < -0.39 is 0 Å². The maximum Gasteiger partial charge on any atom is 0.253 e. The molecule has 0 radical (unpaired) electrons. The van der Waals surface area contributed by atoms with Crippen LogP contribution in [0.5, 0.6) is 5.75 Å². The predicted molar refractivity (Wildman–Crippen MR) is 129 cm³/mol. The van der Waals surface area contributed by atoms with Crippen LogP contribution in [-0.4, -0.2) is 51.1 Å². The molecule has 0 saturated carbocycles. The van der Waals surface area contributed by atoms with Crippen LogP contribution < -0.4 is 15.4 Å². The molecular weight excluding hydrogens is 479 g/mol. The Bertz CT molecular complexity index is 809. The maximum absolute atomic E-state index is 12.1. The van der Waals surface area contributed by atoms with Gasteiger partial charge in [0.1, 0.15) is 5.75 Å². The molecule has 158 valence electrons. The van der Waals surface area contributed by atoms with Crippen molar-refractivity contribution in [2.45, 2.75) is 19.9 Å². The zero-order valence-corrected chi connectivity index (χ0v) is 19.9. The summed E-state index contributed by atoms with van der Waals surface area (Å²) in [5, 5.41) is 6.62. The molecular formula is C22H31IN4O2. The van der Waals surface area contributed by atoms with Crippen LogP contribution >= 0.6 is 24.0 Å². The number of amides is 1. The van der Waals surface area contributed by atoms with E-state index in [0.717, 1.165) is 35.8 Å². The molecule has 0 fully saturated rings. The summed E-state index contributed by atoms with van der Waals surface area (Å²) in [6, 6.07) is 15.8. The topological polar surface area (TPSA) is 66.0 Å². The first kappa shape index (κ1) is 24.7. The van der Waals surface area contributed by atoms with Crippen molar-refractivity contribution < 1.29 is 9.53 Å². The highest BCUT2D eigenvalue weighted by molar-refractivity contribution is 14.0. The van der Waals surface area contributed by atoms with E-state index in [1.165, 1.54) is 0 Å². The Morgan fingerprint density at radius 1 is 1.07 bits per heavy atom. The lowest BCUT2D eigenvalue weighted by atomic mass is 10.1. The second-order valence-electron chi connectivity index (χ2n) is 6.58. The molecule has 0 unspecified atom stereocenters. The third-order valence-electron chi connectivity index (χ3n) is 4.18. The average Bonchev–Trinajstić information content (AvgIpc) is 2.70. The number of ether oxygens (including phenoxy) is 1. The molecule has 2 aromatic carbocycles. The molecule has 0 heterocycles. The summed E-state index contributed by atoms with van der Waals surface area (Å²) >= 11 is 0. The lowest BCUT2D eigenvalue weighted by Crippen LogP contribution is -2.37. The summed E-state index contributed by atoms with van der Waals surface area (Å²) < 4.78 is 5.53. The van der Waals surface area contributed by atoms with Gasteiger partial charge in [0.05, 0.1) is 6.61 Å².